The molecule has 0 aromatic rings. The van der Waals surface area contributed by atoms with Crippen molar-refractivity contribution in [3.05, 3.63) is 23.8 Å². The van der Waals surface area contributed by atoms with Crippen LogP contribution in [0.15, 0.2) is 23.8 Å². The number of aliphatic hydroxyl groups excluding tert-OH is 2. The molecule has 0 amide bonds. The van der Waals surface area contributed by atoms with Gasteiger partial charge in [-0.3, -0.25) is 0 Å². The van der Waals surface area contributed by atoms with Crippen molar-refractivity contribution >= 4 is 0 Å². The lowest BCUT2D eigenvalue weighted by molar-refractivity contribution is 0.116. The second kappa shape index (κ2) is 11.6. The molecule has 0 radical (unpaired) electrons. The van der Waals surface area contributed by atoms with Crippen LogP contribution in [0, 0.1) is 17.8 Å². The van der Waals surface area contributed by atoms with E-state index >= 15 is 0 Å². The average Bonchev–Trinajstić information content (AvgIpc) is 3.15. The van der Waals surface area contributed by atoms with Crippen LogP contribution in [0.25, 0.3) is 0 Å². The van der Waals surface area contributed by atoms with Crippen LogP contribution in [0.1, 0.15) is 72.6 Å². The fraction of sp³-hybridized carbons (Fsp3) is 0.840. The molecule has 0 aliphatic heterocycles. The number of nitrogens with zero attached hydrogens (tertiary/aromatic N) is 1. The summed E-state index contributed by atoms with van der Waals surface area (Å²) in [5.41, 5.74) is 1.59. The molecule has 4 nitrogen and oxygen atoms in total. The maximum Gasteiger partial charge on any atom is 0.0721 e. The highest BCUT2D eigenvalue weighted by Gasteiger charge is 2.43. The van der Waals surface area contributed by atoms with Crippen LogP contribution in [-0.4, -0.2) is 59.7 Å². The summed E-state index contributed by atoms with van der Waals surface area (Å²) in [5, 5.41) is 20.6. The van der Waals surface area contributed by atoms with Gasteiger partial charge in [0.25, 0.3) is 0 Å². The number of allylic oxidation sites excluding steroid dienone is 1. The van der Waals surface area contributed by atoms with Gasteiger partial charge in [-0.1, -0.05) is 44.4 Å². The van der Waals surface area contributed by atoms with Crippen molar-refractivity contribution in [3.8, 4) is 0 Å². The zero-order valence-electron chi connectivity index (χ0n) is 19.4. The summed E-state index contributed by atoms with van der Waals surface area (Å²) >= 11 is 0. The number of unbranched alkanes of at least 4 members (excludes halogenated alkanes) is 2. The van der Waals surface area contributed by atoms with Crippen molar-refractivity contribution in [1.29, 1.82) is 0 Å². The van der Waals surface area contributed by atoms with E-state index in [1.807, 2.05) is 6.08 Å². The highest BCUT2D eigenvalue weighted by molar-refractivity contribution is 5.21. The number of hydrogen-bond donors (Lipinski definition) is 2. The first kappa shape index (κ1) is 24.6. The topological polar surface area (TPSA) is 52.9 Å². The summed E-state index contributed by atoms with van der Waals surface area (Å²) in [6.45, 7) is 11.4. The number of ether oxygens (including phenoxy) is 1. The Kier molecular flexibility index (Phi) is 9.87. The first-order valence-corrected chi connectivity index (χ1v) is 11.8. The Morgan fingerprint density at radius 2 is 2.03 bits per heavy atom. The van der Waals surface area contributed by atoms with Crippen molar-refractivity contribution in [2.75, 3.05) is 26.8 Å². The molecule has 1 fully saturated rings. The maximum absolute atomic E-state index is 10.5. The highest BCUT2D eigenvalue weighted by atomic mass is 16.5. The fourth-order valence-corrected chi connectivity index (χ4v) is 4.61. The van der Waals surface area contributed by atoms with Crippen LogP contribution in [0.2, 0.25) is 0 Å². The second-order valence-electron chi connectivity index (χ2n) is 10.2. The lowest BCUT2D eigenvalue weighted by Crippen LogP contribution is -2.38. The molecule has 0 spiro atoms. The summed E-state index contributed by atoms with van der Waals surface area (Å²) in [7, 11) is 2.17. The van der Waals surface area contributed by atoms with E-state index in [4.69, 9.17) is 4.74 Å². The molecule has 2 rings (SSSR count). The quantitative estimate of drug-likeness (QED) is 0.368. The van der Waals surface area contributed by atoms with Gasteiger partial charge in [0.1, 0.15) is 0 Å². The summed E-state index contributed by atoms with van der Waals surface area (Å²) in [6.07, 6.45) is 12.8. The maximum atomic E-state index is 10.5. The third kappa shape index (κ3) is 7.82. The SMILES string of the molecule is CCCCC[C@H](O)C=C[C@@H]1[C@H]2CC(COCCCN(C)C(C)(C)C)=C[C@H]2C[C@H]1O. The van der Waals surface area contributed by atoms with E-state index < -0.39 is 0 Å². The largest absolute Gasteiger partial charge is 0.392 e. The van der Waals surface area contributed by atoms with Gasteiger partial charge in [-0.15, -0.1) is 0 Å². The number of aliphatic hydroxyl groups is 2. The predicted octanol–water partition coefficient (Wildman–Crippen LogP) is 4.56. The first-order chi connectivity index (χ1) is 13.7. The first-order valence-electron chi connectivity index (χ1n) is 11.8. The minimum atomic E-state index is -0.379. The molecule has 0 saturated heterocycles. The van der Waals surface area contributed by atoms with Crippen molar-refractivity contribution < 1.29 is 14.9 Å². The summed E-state index contributed by atoms with van der Waals surface area (Å²) in [5.74, 6) is 1.09. The van der Waals surface area contributed by atoms with E-state index in [1.165, 1.54) is 18.4 Å². The van der Waals surface area contributed by atoms with Gasteiger partial charge in [0, 0.05) is 24.6 Å². The lowest BCUT2D eigenvalue weighted by Gasteiger charge is -2.31. The van der Waals surface area contributed by atoms with E-state index in [-0.39, 0.29) is 23.7 Å². The molecular formula is C25H45NO3. The smallest absolute Gasteiger partial charge is 0.0721 e. The average molecular weight is 408 g/mol. The zero-order chi connectivity index (χ0) is 21.4. The van der Waals surface area contributed by atoms with Gasteiger partial charge in [-0.2, -0.15) is 0 Å². The van der Waals surface area contributed by atoms with Crippen molar-refractivity contribution in [1.82, 2.24) is 4.90 Å². The summed E-state index contributed by atoms with van der Waals surface area (Å²) in [4.78, 5) is 2.37. The third-order valence-corrected chi connectivity index (χ3v) is 6.82. The molecule has 2 aliphatic carbocycles. The van der Waals surface area contributed by atoms with Crippen molar-refractivity contribution in [2.24, 2.45) is 17.8 Å². The number of fused-ring (bicyclic) bond motifs is 1. The van der Waals surface area contributed by atoms with Gasteiger partial charge in [-0.25, -0.2) is 0 Å². The molecule has 4 heteroatoms. The molecule has 29 heavy (non-hydrogen) atoms. The summed E-state index contributed by atoms with van der Waals surface area (Å²) in [6, 6.07) is 0. The van der Waals surface area contributed by atoms with Crippen LogP contribution in [-0.2, 0) is 4.74 Å². The van der Waals surface area contributed by atoms with E-state index in [0.717, 1.165) is 51.9 Å². The molecule has 5 atom stereocenters. The molecule has 0 unspecified atom stereocenters. The van der Waals surface area contributed by atoms with Gasteiger partial charge in [0.15, 0.2) is 0 Å². The Labute approximate surface area is 179 Å². The van der Waals surface area contributed by atoms with Crippen LogP contribution in [0.3, 0.4) is 0 Å². The van der Waals surface area contributed by atoms with Crippen LogP contribution in [0.4, 0.5) is 0 Å². The molecule has 2 aliphatic rings. The van der Waals surface area contributed by atoms with Crippen molar-refractivity contribution in [3.63, 3.8) is 0 Å². The van der Waals surface area contributed by atoms with Crippen molar-refractivity contribution in [2.45, 2.75) is 90.4 Å². The second-order valence-corrected chi connectivity index (χ2v) is 10.2. The molecule has 0 bridgehead atoms. The zero-order valence-corrected chi connectivity index (χ0v) is 19.4. The van der Waals surface area contributed by atoms with E-state index in [0.29, 0.717) is 11.8 Å². The van der Waals surface area contributed by atoms with Crippen LogP contribution < -0.4 is 0 Å². The van der Waals surface area contributed by atoms with Gasteiger partial charge in [0.2, 0.25) is 0 Å². The molecule has 1 saturated carbocycles. The molecule has 2 N–H and O–H groups in total. The Morgan fingerprint density at radius 1 is 1.28 bits per heavy atom. The number of hydrogen-bond acceptors (Lipinski definition) is 4. The minimum Gasteiger partial charge on any atom is -0.392 e. The molecule has 168 valence electrons. The molecule has 0 aromatic heterocycles. The molecule has 0 heterocycles. The number of rotatable bonds is 12. The fourth-order valence-electron chi connectivity index (χ4n) is 4.61. The van der Waals surface area contributed by atoms with Gasteiger partial charge >= 0.3 is 0 Å². The third-order valence-electron chi connectivity index (χ3n) is 6.82. The Bertz CT molecular complexity index is 537. The molecule has 0 aromatic carbocycles. The van der Waals surface area contributed by atoms with Crippen LogP contribution >= 0.6 is 0 Å². The molecular weight excluding hydrogens is 362 g/mol. The minimum absolute atomic E-state index is 0.162. The van der Waals surface area contributed by atoms with Crippen LogP contribution in [0.5, 0.6) is 0 Å². The van der Waals surface area contributed by atoms with E-state index in [1.54, 1.807) is 0 Å². The van der Waals surface area contributed by atoms with Gasteiger partial charge in [0.05, 0.1) is 18.8 Å². The predicted molar refractivity (Wildman–Crippen MR) is 121 cm³/mol. The normalized spacial score (nSPS) is 28.3. The monoisotopic (exact) mass is 407 g/mol. The van der Waals surface area contributed by atoms with E-state index in [2.05, 4.69) is 51.8 Å². The summed E-state index contributed by atoms with van der Waals surface area (Å²) < 4.78 is 5.95. The van der Waals surface area contributed by atoms with E-state index in [9.17, 15) is 10.2 Å². The van der Waals surface area contributed by atoms with Gasteiger partial charge < -0.3 is 19.8 Å². The Balaban J connectivity index is 1.71. The Morgan fingerprint density at radius 3 is 2.72 bits per heavy atom. The standard InChI is InChI=1S/C25H45NO3/c1-6-7-8-10-21(27)11-12-22-23-16-19(15-20(23)17-24(22)28)18-29-14-9-13-26(5)25(2,3)4/h11-12,15,20-24,27-28H,6-10,13-14,16-18H2,1-5H3/t20-,21-,22+,23-,24+/m0/s1. The van der Waals surface area contributed by atoms with Gasteiger partial charge in [-0.05, 0) is 70.9 Å². The highest BCUT2D eigenvalue weighted by Crippen LogP contribution is 2.47. The Hall–Kier alpha value is -0.680. The lowest BCUT2D eigenvalue weighted by atomic mass is 9.89.